The zero-order chi connectivity index (χ0) is 17.3. The second-order valence-electron chi connectivity index (χ2n) is 7.10. The lowest BCUT2D eigenvalue weighted by Gasteiger charge is -2.34. The van der Waals surface area contributed by atoms with E-state index in [0.29, 0.717) is 19.4 Å². The van der Waals surface area contributed by atoms with Gasteiger partial charge in [0.2, 0.25) is 11.8 Å². The van der Waals surface area contributed by atoms with Crippen LogP contribution in [0.15, 0.2) is 18.2 Å². The smallest absolute Gasteiger partial charge is 0.245 e. The van der Waals surface area contributed by atoms with Gasteiger partial charge in [-0.1, -0.05) is 37.1 Å². The van der Waals surface area contributed by atoms with E-state index in [9.17, 15) is 9.59 Å². The van der Waals surface area contributed by atoms with Crippen molar-refractivity contribution in [1.82, 2.24) is 15.5 Å². The van der Waals surface area contributed by atoms with Gasteiger partial charge in [0.1, 0.15) is 12.1 Å². The molecule has 2 aliphatic rings. The van der Waals surface area contributed by atoms with E-state index < -0.39 is 0 Å². The Morgan fingerprint density at radius 1 is 1.29 bits per heavy atom. The molecule has 0 aliphatic carbocycles. The number of benzene rings is 1. The second kappa shape index (κ2) is 6.93. The molecule has 2 N–H and O–H groups in total. The first kappa shape index (κ1) is 17.0. The predicted octanol–water partition coefficient (Wildman–Crippen LogP) is 1.66. The fourth-order valence-electron chi connectivity index (χ4n) is 3.74. The molecule has 0 bridgehead atoms. The van der Waals surface area contributed by atoms with Crippen molar-refractivity contribution in [3.63, 3.8) is 0 Å². The molecule has 0 spiro atoms. The number of carbonyl (C=O) groups is 2. The lowest BCUT2D eigenvalue weighted by molar-refractivity contribution is -0.147. The second-order valence-corrected chi connectivity index (χ2v) is 7.10. The van der Waals surface area contributed by atoms with Crippen LogP contribution in [0.3, 0.4) is 0 Å². The zero-order valence-corrected chi connectivity index (χ0v) is 14.8. The molecule has 0 saturated carbocycles. The van der Waals surface area contributed by atoms with E-state index >= 15 is 0 Å². The van der Waals surface area contributed by atoms with Crippen molar-refractivity contribution in [1.29, 1.82) is 0 Å². The van der Waals surface area contributed by atoms with Crippen molar-refractivity contribution in [2.24, 2.45) is 0 Å². The Morgan fingerprint density at radius 3 is 2.83 bits per heavy atom. The third-order valence-corrected chi connectivity index (χ3v) is 5.16. The lowest BCUT2D eigenvalue weighted by atomic mass is 10.0. The van der Waals surface area contributed by atoms with Gasteiger partial charge in [0.25, 0.3) is 0 Å². The molecule has 3 atom stereocenters. The summed E-state index contributed by atoms with van der Waals surface area (Å²) in [7, 11) is 0. The highest BCUT2D eigenvalue weighted by molar-refractivity contribution is 5.97. The molecule has 2 aliphatic heterocycles. The molecule has 5 heteroatoms. The van der Waals surface area contributed by atoms with Crippen molar-refractivity contribution in [2.45, 2.75) is 64.7 Å². The topological polar surface area (TPSA) is 61.4 Å². The predicted molar refractivity (Wildman–Crippen MR) is 93.5 cm³/mol. The summed E-state index contributed by atoms with van der Waals surface area (Å²) in [6.07, 6.45) is 2.30. The van der Waals surface area contributed by atoms with Gasteiger partial charge in [0.05, 0.1) is 0 Å². The van der Waals surface area contributed by atoms with Gasteiger partial charge in [-0.2, -0.15) is 0 Å². The minimum absolute atomic E-state index is 0.00378. The summed E-state index contributed by atoms with van der Waals surface area (Å²) in [5.41, 5.74) is 3.79. The first-order valence-corrected chi connectivity index (χ1v) is 8.90. The van der Waals surface area contributed by atoms with Crippen LogP contribution >= 0.6 is 0 Å². The first-order chi connectivity index (χ1) is 11.5. The van der Waals surface area contributed by atoms with Gasteiger partial charge in [0, 0.05) is 19.1 Å². The van der Waals surface area contributed by atoms with Gasteiger partial charge in [-0.15, -0.1) is 0 Å². The van der Waals surface area contributed by atoms with Crippen LogP contribution in [0.2, 0.25) is 0 Å². The molecule has 0 unspecified atom stereocenters. The Hall–Kier alpha value is -1.88. The van der Waals surface area contributed by atoms with Gasteiger partial charge in [-0.25, -0.2) is 0 Å². The van der Waals surface area contributed by atoms with Gasteiger partial charge >= 0.3 is 0 Å². The molecule has 5 nitrogen and oxygen atoms in total. The largest absolute Gasteiger partial charge is 0.343 e. The van der Waals surface area contributed by atoms with Gasteiger partial charge in [-0.05, 0) is 37.8 Å². The van der Waals surface area contributed by atoms with Crippen LogP contribution in [0.4, 0.5) is 0 Å². The maximum Gasteiger partial charge on any atom is 0.245 e. The molecule has 2 saturated heterocycles. The average Bonchev–Trinajstić information content (AvgIpc) is 2.98. The molecule has 2 amide bonds. The number of hydrogen-bond donors (Lipinski definition) is 2. The summed E-state index contributed by atoms with van der Waals surface area (Å²) in [6, 6.07) is 5.98. The molecule has 24 heavy (non-hydrogen) atoms. The fourth-order valence-corrected chi connectivity index (χ4v) is 3.74. The molecular formula is C19H27N3O2. The van der Waals surface area contributed by atoms with Crippen LogP contribution in [0.5, 0.6) is 0 Å². The Bertz CT molecular complexity index is 643. The summed E-state index contributed by atoms with van der Waals surface area (Å²) in [5.74, 6) is 0.0848. The summed E-state index contributed by atoms with van der Waals surface area (Å²) in [5, 5.41) is 6.43. The van der Waals surface area contributed by atoms with E-state index in [1.807, 2.05) is 6.92 Å². The standard InChI is InChI=1S/C19H27N3O2/c1-4-5-16-19(24)22-11-15(9-17(22)18(23)21-16)20-10-14-8-12(2)6-7-13(14)3/h6-8,15-17,20H,4-5,9-11H2,1-3H3,(H,21,23)/t15-,16-,17-/m0/s1. The number of piperazine rings is 1. The van der Waals surface area contributed by atoms with Crippen molar-refractivity contribution < 1.29 is 9.59 Å². The van der Waals surface area contributed by atoms with Crippen LogP contribution in [-0.4, -0.2) is 41.4 Å². The van der Waals surface area contributed by atoms with Crippen LogP contribution in [0.25, 0.3) is 0 Å². The minimum atomic E-state index is -0.337. The SMILES string of the molecule is CCC[C@@H]1NC(=O)[C@@H]2C[C@H](NCc3cc(C)ccc3C)CN2C1=O. The molecule has 2 fully saturated rings. The van der Waals surface area contributed by atoms with Crippen molar-refractivity contribution in [3.05, 3.63) is 34.9 Å². The number of amides is 2. The molecule has 1 aromatic carbocycles. The number of nitrogens with zero attached hydrogens (tertiary/aromatic N) is 1. The summed E-state index contributed by atoms with van der Waals surface area (Å²) in [6.45, 7) is 7.63. The third kappa shape index (κ3) is 3.31. The van der Waals surface area contributed by atoms with E-state index in [0.717, 1.165) is 13.0 Å². The van der Waals surface area contributed by atoms with Crippen LogP contribution in [0, 0.1) is 13.8 Å². The molecule has 3 rings (SSSR count). The number of rotatable bonds is 5. The molecule has 0 radical (unpaired) electrons. The minimum Gasteiger partial charge on any atom is -0.343 e. The fraction of sp³-hybridized carbons (Fsp3) is 0.579. The number of carbonyl (C=O) groups excluding carboxylic acids is 2. The Kier molecular flexibility index (Phi) is 4.90. The van der Waals surface area contributed by atoms with Crippen molar-refractivity contribution in [3.8, 4) is 0 Å². The highest BCUT2D eigenvalue weighted by Gasteiger charge is 2.45. The lowest BCUT2D eigenvalue weighted by Crippen LogP contribution is -2.61. The maximum atomic E-state index is 12.5. The van der Waals surface area contributed by atoms with Crippen LogP contribution in [-0.2, 0) is 16.1 Å². The Balaban J connectivity index is 1.63. The van der Waals surface area contributed by atoms with Crippen LogP contribution in [0.1, 0.15) is 42.9 Å². The average molecular weight is 329 g/mol. The van der Waals surface area contributed by atoms with E-state index in [2.05, 4.69) is 42.7 Å². The number of hydrogen-bond acceptors (Lipinski definition) is 3. The molecule has 130 valence electrons. The highest BCUT2D eigenvalue weighted by Crippen LogP contribution is 2.24. The van der Waals surface area contributed by atoms with Gasteiger partial charge < -0.3 is 15.5 Å². The molecule has 0 aromatic heterocycles. The Labute approximate surface area is 143 Å². The summed E-state index contributed by atoms with van der Waals surface area (Å²) in [4.78, 5) is 26.6. The number of aryl methyl sites for hydroxylation is 2. The maximum absolute atomic E-state index is 12.5. The normalized spacial score (nSPS) is 26.5. The molecule has 2 heterocycles. The zero-order valence-electron chi connectivity index (χ0n) is 14.8. The van der Waals surface area contributed by atoms with Crippen LogP contribution < -0.4 is 10.6 Å². The summed E-state index contributed by atoms with van der Waals surface area (Å²) < 4.78 is 0. The van der Waals surface area contributed by atoms with E-state index in [-0.39, 0.29) is 29.9 Å². The van der Waals surface area contributed by atoms with Crippen molar-refractivity contribution >= 4 is 11.8 Å². The van der Waals surface area contributed by atoms with Crippen molar-refractivity contribution in [2.75, 3.05) is 6.54 Å². The number of fused-ring (bicyclic) bond motifs is 1. The monoisotopic (exact) mass is 329 g/mol. The Morgan fingerprint density at radius 2 is 2.08 bits per heavy atom. The molecular weight excluding hydrogens is 302 g/mol. The molecule has 1 aromatic rings. The van der Waals surface area contributed by atoms with E-state index in [1.165, 1.54) is 16.7 Å². The van der Waals surface area contributed by atoms with Gasteiger partial charge in [-0.3, -0.25) is 9.59 Å². The van der Waals surface area contributed by atoms with Gasteiger partial charge in [0.15, 0.2) is 0 Å². The number of nitrogens with one attached hydrogen (secondary N) is 2. The van der Waals surface area contributed by atoms with E-state index in [4.69, 9.17) is 0 Å². The first-order valence-electron chi connectivity index (χ1n) is 8.90. The quantitative estimate of drug-likeness (QED) is 0.864. The summed E-state index contributed by atoms with van der Waals surface area (Å²) >= 11 is 0. The highest BCUT2D eigenvalue weighted by atomic mass is 16.2. The van der Waals surface area contributed by atoms with E-state index in [1.54, 1.807) is 4.90 Å². The third-order valence-electron chi connectivity index (χ3n) is 5.16.